The van der Waals surface area contributed by atoms with E-state index >= 15 is 0 Å². The Morgan fingerprint density at radius 2 is 2.41 bits per heavy atom. The van der Waals surface area contributed by atoms with Crippen molar-refractivity contribution in [2.24, 2.45) is 11.0 Å². The van der Waals surface area contributed by atoms with Crippen LogP contribution in [0, 0.1) is 5.92 Å². The summed E-state index contributed by atoms with van der Waals surface area (Å²) in [6.07, 6.45) is 2.11. The van der Waals surface area contributed by atoms with Gasteiger partial charge < -0.3 is 10.0 Å². The summed E-state index contributed by atoms with van der Waals surface area (Å²) >= 11 is 0. The minimum Gasteiger partial charge on any atom is -0.393 e. The molecule has 0 radical (unpaired) electrons. The molecule has 1 fully saturated rings. The summed E-state index contributed by atoms with van der Waals surface area (Å²) in [5.41, 5.74) is 8.81. The molecule has 6 heteroatoms. The van der Waals surface area contributed by atoms with E-state index in [4.69, 9.17) is 5.53 Å². The fraction of sp³-hybridized carbons (Fsp3) is 0.545. The lowest BCUT2D eigenvalue weighted by molar-refractivity contribution is 0.0969. The van der Waals surface area contributed by atoms with E-state index in [0.717, 1.165) is 25.3 Å². The number of hydrogen-bond donors (Lipinski definition) is 1. The van der Waals surface area contributed by atoms with Crippen molar-refractivity contribution in [1.82, 2.24) is 4.98 Å². The number of aliphatic hydroxyl groups excluding tert-OH is 1. The molecule has 1 aliphatic rings. The van der Waals surface area contributed by atoms with E-state index in [9.17, 15) is 5.11 Å². The van der Waals surface area contributed by atoms with Gasteiger partial charge in [-0.1, -0.05) is 12.0 Å². The molecule has 0 aliphatic carbocycles. The third-order valence-electron chi connectivity index (χ3n) is 3.08. The highest BCUT2D eigenvalue weighted by Gasteiger charge is 2.24. The van der Waals surface area contributed by atoms with Gasteiger partial charge in [-0.3, -0.25) is 0 Å². The van der Waals surface area contributed by atoms with Crippen molar-refractivity contribution < 1.29 is 5.11 Å². The highest BCUT2D eigenvalue weighted by molar-refractivity contribution is 5.45. The van der Waals surface area contributed by atoms with Gasteiger partial charge >= 0.3 is 0 Å². The molecule has 17 heavy (non-hydrogen) atoms. The Kier molecular flexibility index (Phi) is 3.46. The third kappa shape index (κ3) is 2.67. The minimum absolute atomic E-state index is 0.214. The third-order valence-corrected chi connectivity index (χ3v) is 3.08. The van der Waals surface area contributed by atoms with Crippen LogP contribution in [0.15, 0.2) is 23.4 Å². The van der Waals surface area contributed by atoms with E-state index in [1.54, 1.807) is 12.3 Å². The number of pyridine rings is 1. The first-order chi connectivity index (χ1) is 8.20. The summed E-state index contributed by atoms with van der Waals surface area (Å²) in [4.78, 5) is 9.10. The summed E-state index contributed by atoms with van der Waals surface area (Å²) in [6.45, 7) is 3.64. The molecule has 90 valence electrons. The van der Waals surface area contributed by atoms with Gasteiger partial charge in [-0.25, -0.2) is 4.98 Å². The van der Waals surface area contributed by atoms with Crippen LogP contribution in [0.25, 0.3) is 10.4 Å². The number of azide groups is 1. The molecule has 0 bridgehead atoms. The van der Waals surface area contributed by atoms with Crippen LogP contribution in [-0.2, 0) is 0 Å². The summed E-state index contributed by atoms with van der Waals surface area (Å²) in [6, 6.07) is 3.59. The second-order valence-corrected chi connectivity index (χ2v) is 4.34. The monoisotopic (exact) mass is 233 g/mol. The average molecular weight is 233 g/mol. The molecule has 2 rings (SSSR count). The standard InChI is InChI=1S/C11H15N5O/c1-8-7-16(5-4-10(8)17)11-3-2-9(6-13-11)14-15-12/h2-3,6,8,10,17H,4-5,7H2,1H3/t8-,10+/m0/s1. The maximum Gasteiger partial charge on any atom is 0.128 e. The van der Waals surface area contributed by atoms with Crippen LogP contribution in [0.5, 0.6) is 0 Å². The highest BCUT2D eigenvalue weighted by Crippen LogP contribution is 2.23. The normalized spacial score (nSPS) is 24.2. The van der Waals surface area contributed by atoms with E-state index in [1.165, 1.54) is 0 Å². The first-order valence-electron chi connectivity index (χ1n) is 5.65. The molecule has 2 heterocycles. The van der Waals surface area contributed by atoms with Gasteiger partial charge in [0.2, 0.25) is 0 Å². The summed E-state index contributed by atoms with van der Waals surface area (Å²) < 4.78 is 0. The lowest BCUT2D eigenvalue weighted by Gasteiger charge is -2.35. The van der Waals surface area contributed by atoms with Crippen molar-refractivity contribution in [2.75, 3.05) is 18.0 Å². The van der Waals surface area contributed by atoms with E-state index in [0.29, 0.717) is 5.69 Å². The number of aliphatic hydroxyl groups is 1. The number of nitrogens with zero attached hydrogens (tertiary/aromatic N) is 5. The van der Waals surface area contributed by atoms with Gasteiger partial charge in [0.05, 0.1) is 11.8 Å². The Labute approximate surface area is 99.5 Å². The molecule has 0 spiro atoms. The van der Waals surface area contributed by atoms with Crippen LogP contribution in [0.2, 0.25) is 0 Å². The number of hydrogen-bond acceptors (Lipinski definition) is 4. The molecule has 0 unspecified atom stereocenters. The summed E-state index contributed by atoms with van der Waals surface area (Å²) in [7, 11) is 0. The molecule has 6 nitrogen and oxygen atoms in total. The molecule has 2 atom stereocenters. The summed E-state index contributed by atoms with van der Waals surface area (Å²) in [5, 5.41) is 13.1. The Hall–Kier alpha value is -1.78. The van der Waals surface area contributed by atoms with Gasteiger partial charge in [-0.15, -0.1) is 0 Å². The molecule has 1 N–H and O–H groups in total. The molecular formula is C11H15N5O. The molecular weight excluding hydrogens is 218 g/mol. The highest BCUT2D eigenvalue weighted by atomic mass is 16.3. The van der Waals surface area contributed by atoms with E-state index in [1.807, 2.05) is 13.0 Å². The fourth-order valence-electron chi connectivity index (χ4n) is 2.02. The largest absolute Gasteiger partial charge is 0.393 e. The molecule has 0 amide bonds. The molecule has 1 aliphatic heterocycles. The van der Waals surface area contributed by atoms with Gasteiger partial charge in [-0.2, -0.15) is 0 Å². The average Bonchev–Trinajstić information content (AvgIpc) is 2.34. The SMILES string of the molecule is C[C@H]1CN(c2ccc(N=[N+]=[N-])cn2)CC[C@H]1O. The minimum atomic E-state index is -0.214. The molecule has 1 saturated heterocycles. The van der Waals surface area contributed by atoms with Crippen molar-refractivity contribution in [3.8, 4) is 0 Å². The van der Waals surface area contributed by atoms with Gasteiger partial charge in [0.25, 0.3) is 0 Å². The number of rotatable bonds is 2. The van der Waals surface area contributed by atoms with Crippen LogP contribution in [0.3, 0.4) is 0 Å². The van der Waals surface area contributed by atoms with Crippen molar-refractivity contribution in [3.63, 3.8) is 0 Å². The first-order valence-corrected chi connectivity index (χ1v) is 5.65. The molecule has 0 saturated carbocycles. The number of anilines is 1. The Bertz CT molecular complexity index is 426. The predicted molar refractivity (Wildman–Crippen MR) is 65.0 cm³/mol. The first kappa shape index (κ1) is 11.7. The molecule has 0 aromatic carbocycles. The van der Waals surface area contributed by atoms with Gasteiger partial charge in [0.15, 0.2) is 0 Å². The fourth-order valence-corrected chi connectivity index (χ4v) is 2.02. The summed E-state index contributed by atoms with van der Waals surface area (Å²) in [5.74, 6) is 1.11. The van der Waals surface area contributed by atoms with E-state index in [2.05, 4.69) is 19.9 Å². The van der Waals surface area contributed by atoms with Crippen LogP contribution >= 0.6 is 0 Å². The Morgan fingerprint density at radius 1 is 1.59 bits per heavy atom. The van der Waals surface area contributed by atoms with E-state index in [-0.39, 0.29) is 12.0 Å². The lowest BCUT2D eigenvalue weighted by Crippen LogP contribution is -2.42. The van der Waals surface area contributed by atoms with Gasteiger partial charge in [0.1, 0.15) is 5.82 Å². The van der Waals surface area contributed by atoms with Crippen LogP contribution in [0.4, 0.5) is 11.5 Å². The zero-order valence-corrected chi connectivity index (χ0v) is 9.69. The number of aromatic nitrogens is 1. The van der Waals surface area contributed by atoms with Gasteiger partial charge in [-0.05, 0) is 30.0 Å². The number of piperidine rings is 1. The van der Waals surface area contributed by atoms with Crippen LogP contribution in [-0.4, -0.2) is 29.3 Å². The maximum absolute atomic E-state index is 9.65. The Morgan fingerprint density at radius 3 is 3.00 bits per heavy atom. The van der Waals surface area contributed by atoms with Crippen LogP contribution in [0.1, 0.15) is 13.3 Å². The second-order valence-electron chi connectivity index (χ2n) is 4.34. The molecule has 1 aromatic heterocycles. The van der Waals surface area contributed by atoms with Crippen LogP contribution < -0.4 is 4.90 Å². The van der Waals surface area contributed by atoms with Gasteiger partial charge in [0, 0.05) is 24.2 Å². The second kappa shape index (κ2) is 5.03. The van der Waals surface area contributed by atoms with E-state index < -0.39 is 0 Å². The molecule has 1 aromatic rings. The lowest BCUT2D eigenvalue weighted by atomic mass is 9.97. The van der Waals surface area contributed by atoms with Crippen molar-refractivity contribution in [1.29, 1.82) is 0 Å². The topological polar surface area (TPSA) is 85.1 Å². The predicted octanol–water partition coefficient (Wildman–Crippen LogP) is 2.23. The van der Waals surface area contributed by atoms with Crippen molar-refractivity contribution in [3.05, 3.63) is 28.8 Å². The van der Waals surface area contributed by atoms with Crippen molar-refractivity contribution >= 4 is 11.5 Å². The van der Waals surface area contributed by atoms with Crippen molar-refractivity contribution in [2.45, 2.75) is 19.4 Å². The zero-order chi connectivity index (χ0) is 12.3. The quantitative estimate of drug-likeness (QED) is 0.483. The smallest absolute Gasteiger partial charge is 0.128 e. The zero-order valence-electron chi connectivity index (χ0n) is 9.69. The Balaban J connectivity index is 2.10. The maximum atomic E-state index is 9.65.